The van der Waals surface area contributed by atoms with Crippen LogP contribution in [0.2, 0.25) is 0 Å². The van der Waals surface area contributed by atoms with Crippen LogP contribution >= 0.6 is 0 Å². The van der Waals surface area contributed by atoms with E-state index < -0.39 is 23.7 Å². The number of aliphatic hydroxyl groups excluding tert-OH is 1. The number of nitrogens with zero attached hydrogens (tertiary/aromatic N) is 1. The van der Waals surface area contributed by atoms with Crippen molar-refractivity contribution < 1.29 is 34.1 Å². The number of hydrogen-bond acceptors (Lipinski definition) is 6. The summed E-state index contributed by atoms with van der Waals surface area (Å²) < 4.78 is 10.7. The van der Waals surface area contributed by atoms with Gasteiger partial charge in [-0.25, -0.2) is 0 Å². The lowest BCUT2D eigenvalue weighted by molar-refractivity contribution is -0.142. The summed E-state index contributed by atoms with van der Waals surface area (Å²) >= 11 is 0. The molecule has 1 aliphatic rings. The average Bonchev–Trinajstić information content (AvgIpc) is 3.01. The lowest BCUT2D eigenvalue weighted by atomic mass is 9.94. The van der Waals surface area contributed by atoms with Gasteiger partial charge in [0, 0.05) is 23.7 Å². The number of aliphatic carboxylic acids is 1. The molecule has 1 unspecified atom stereocenters. The van der Waals surface area contributed by atoms with E-state index in [0.717, 1.165) is 10.5 Å². The predicted octanol–water partition coefficient (Wildman–Crippen LogP) is 2.91. The first-order valence-electron chi connectivity index (χ1n) is 9.57. The second kappa shape index (κ2) is 8.91. The zero-order valence-electron chi connectivity index (χ0n) is 17.4. The van der Waals surface area contributed by atoms with Crippen LogP contribution in [0.5, 0.6) is 11.5 Å². The number of carbonyl (C=O) groups is 3. The molecule has 0 bridgehead atoms. The van der Waals surface area contributed by atoms with Crippen LogP contribution in [-0.4, -0.2) is 53.5 Å². The number of ketones is 1. The van der Waals surface area contributed by atoms with Crippen molar-refractivity contribution in [2.75, 3.05) is 20.8 Å². The number of likely N-dealkylation sites (tertiary alicyclic amines) is 1. The Morgan fingerprint density at radius 2 is 1.71 bits per heavy atom. The summed E-state index contributed by atoms with van der Waals surface area (Å²) in [6, 6.07) is 10.7. The lowest BCUT2D eigenvalue weighted by Gasteiger charge is -2.26. The Balaban J connectivity index is 2.21. The topological polar surface area (TPSA) is 113 Å². The summed E-state index contributed by atoms with van der Waals surface area (Å²) in [5.41, 5.74) is 1.65. The molecule has 1 heterocycles. The van der Waals surface area contributed by atoms with Gasteiger partial charge in [-0.15, -0.1) is 0 Å². The van der Waals surface area contributed by atoms with Crippen LogP contribution in [-0.2, 0) is 14.4 Å². The van der Waals surface area contributed by atoms with Gasteiger partial charge in [0.1, 0.15) is 17.3 Å². The van der Waals surface area contributed by atoms with Gasteiger partial charge in [-0.3, -0.25) is 14.4 Å². The predicted molar refractivity (Wildman–Crippen MR) is 112 cm³/mol. The second-order valence-corrected chi connectivity index (χ2v) is 7.11. The number of amides is 1. The van der Waals surface area contributed by atoms with E-state index in [0.29, 0.717) is 22.6 Å². The number of carboxylic acids is 1. The molecule has 1 fully saturated rings. The fourth-order valence-electron chi connectivity index (χ4n) is 3.56. The maximum absolute atomic E-state index is 12.9. The number of aryl methyl sites for hydroxylation is 1. The molecule has 8 heteroatoms. The number of rotatable bonds is 7. The van der Waals surface area contributed by atoms with Gasteiger partial charge < -0.3 is 24.6 Å². The summed E-state index contributed by atoms with van der Waals surface area (Å²) in [4.78, 5) is 38.0. The number of benzene rings is 2. The molecule has 0 radical (unpaired) electrons. The van der Waals surface area contributed by atoms with Crippen LogP contribution in [0.1, 0.15) is 29.2 Å². The molecule has 0 spiro atoms. The van der Waals surface area contributed by atoms with Crippen LogP contribution in [0.25, 0.3) is 5.76 Å². The van der Waals surface area contributed by atoms with Gasteiger partial charge in [-0.2, -0.15) is 0 Å². The Kier molecular flexibility index (Phi) is 6.29. The van der Waals surface area contributed by atoms with Crippen molar-refractivity contribution in [3.8, 4) is 11.5 Å². The largest absolute Gasteiger partial charge is 0.507 e. The van der Waals surface area contributed by atoms with Crippen LogP contribution in [0.3, 0.4) is 0 Å². The molecule has 162 valence electrons. The van der Waals surface area contributed by atoms with E-state index in [4.69, 9.17) is 14.6 Å². The van der Waals surface area contributed by atoms with Crippen molar-refractivity contribution in [2.24, 2.45) is 0 Å². The van der Waals surface area contributed by atoms with Crippen molar-refractivity contribution in [3.05, 3.63) is 64.7 Å². The normalized spacial score (nSPS) is 17.6. The van der Waals surface area contributed by atoms with Gasteiger partial charge in [0.2, 0.25) is 0 Å². The highest BCUT2D eigenvalue weighted by atomic mass is 16.5. The van der Waals surface area contributed by atoms with Gasteiger partial charge in [0.25, 0.3) is 11.7 Å². The van der Waals surface area contributed by atoms with E-state index >= 15 is 0 Å². The Labute approximate surface area is 179 Å². The highest BCUT2D eigenvalue weighted by molar-refractivity contribution is 6.46. The molecule has 31 heavy (non-hydrogen) atoms. The van der Waals surface area contributed by atoms with Gasteiger partial charge in [-0.05, 0) is 19.1 Å². The summed E-state index contributed by atoms with van der Waals surface area (Å²) in [5, 5.41) is 20.1. The first-order chi connectivity index (χ1) is 14.8. The molecule has 1 atom stereocenters. The summed E-state index contributed by atoms with van der Waals surface area (Å²) in [7, 11) is 2.92. The third-order valence-electron chi connectivity index (χ3n) is 5.17. The smallest absolute Gasteiger partial charge is 0.305 e. The molecular weight excluding hydrogens is 402 g/mol. The number of carboxylic acid groups (broad SMARTS) is 1. The monoisotopic (exact) mass is 425 g/mol. The van der Waals surface area contributed by atoms with Crippen LogP contribution in [0.15, 0.2) is 48.0 Å². The Morgan fingerprint density at radius 3 is 2.29 bits per heavy atom. The maximum atomic E-state index is 12.9. The average molecular weight is 425 g/mol. The van der Waals surface area contributed by atoms with Crippen molar-refractivity contribution in [3.63, 3.8) is 0 Å². The molecule has 2 aromatic rings. The fraction of sp³-hybridized carbons (Fsp3) is 0.261. The zero-order chi connectivity index (χ0) is 22.7. The number of ether oxygens (including phenoxy) is 2. The Bertz CT molecular complexity index is 1060. The molecule has 1 aliphatic heterocycles. The first-order valence-corrected chi connectivity index (χ1v) is 9.57. The molecule has 2 N–H and O–H groups in total. The van der Waals surface area contributed by atoms with Crippen LogP contribution < -0.4 is 9.47 Å². The first kappa shape index (κ1) is 21.9. The zero-order valence-corrected chi connectivity index (χ0v) is 17.4. The highest BCUT2D eigenvalue weighted by Crippen LogP contribution is 2.43. The number of carbonyl (C=O) groups excluding carboxylic acids is 2. The molecule has 1 amide bonds. The molecule has 3 rings (SSSR count). The van der Waals surface area contributed by atoms with Crippen molar-refractivity contribution >= 4 is 23.4 Å². The highest BCUT2D eigenvalue weighted by Gasteiger charge is 2.47. The van der Waals surface area contributed by atoms with Gasteiger partial charge >= 0.3 is 5.97 Å². The van der Waals surface area contributed by atoms with Crippen molar-refractivity contribution in [1.29, 1.82) is 0 Å². The van der Waals surface area contributed by atoms with Crippen LogP contribution in [0.4, 0.5) is 0 Å². The van der Waals surface area contributed by atoms with E-state index in [1.54, 1.807) is 42.5 Å². The third-order valence-corrected chi connectivity index (χ3v) is 5.17. The van der Waals surface area contributed by atoms with Gasteiger partial charge in [-0.1, -0.05) is 29.8 Å². The summed E-state index contributed by atoms with van der Waals surface area (Å²) in [6.45, 7) is 1.68. The van der Waals surface area contributed by atoms with Crippen molar-refractivity contribution in [1.82, 2.24) is 4.90 Å². The molecule has 8 nitrogen and oxygen atoms in total. The minimum Gasteiger partial charge on any atom is -0.507 e. The van der Waals surface area contributed by atoms with Crippen LogP contribution in [0, 0.1) is 6.92 Å². The Hall–Kier alpha value is -3.81. The van der Waals surface area contributed by atoms with Crippen molar-refractivity contribution in [2.45, 2.75) is 19.4 Å². The van der Waals surface area contributed by atoms with E-state index in [2.05, 4.69) is 0 Å². The number of Topliss-reactive ketones (excluding diaryl/α,β-unsaturated/α-hetero) is 1. The maximum Gasteiger partial charge on any atom is 0.305 e. The minimum atomic E-state index is -1.11. The van der Waals surface area contributed by atoms with Gasteiger partial charge in [0.05, 0.1) is 32.3 Å². The third kappa shape index (κ3) is 4.23. The van der Waals surface area contributed by atoms with E-state index in [1.807, 2.05) is 6.92 Å². The molecule has 2 aromatic carbocycles. The number of hydrogen-bond donors (Lipinski definition) is 2. The summed E-state index contributed by atoms with van der Waals surface area (Å²) in [6.07, 6.45) is -0.355. The standard InChI is InChI=1S/C23H23NO7/c1-13-4-6-14(7-5-13)21(27)19-20(16-9-8-15(30-2)12-17(16)31-3)24(11-10-18(25)26)23(29)22(19)28/h4-9,12,20,27H,10-11H2,1-3H3,(H,25,26)/b21-19-. The molecule has 1 saturated heterocycles. The molecular formula is C23H23NO7. The Morgan fingerprint density at radius 1 is 1.03 bits per heavy atom. The molecule has 0 aromatic heterocycles. The SMILES string of the molecule is COc1ccc(C2/C(=C(/O)c3ccc(C)cc3)C(=O)C(=O)N2CCC(=O)O)c(OC)c1. The molecule has 0 aliphatic carbocycles. The lowest BCUT2D eigenvalue weighted by Crippen LogP contribution is -2.32. The quantitative estimate of drug-likeness (QED) is 0.398. The summed E-state index contributed by atoms with van der Waals surface area (Å²) in [5.74, 6) is -2.37. The molecule has 0 saturated carbocycles. The van der Waals surface area contributed by atoms with E-state index in [-0.39, 0.29) is 24.3 Å². The fourth-order valence-corrected chi connectivity index (χ4v) is 3.56. The van der Waals surface area contributed by atoms with E-state index in [9.17, 15) is 19.5 Å². The minimum absolute atomic E-state index is 0.122. The van der Waals surface area contributed by atoms with Gasteiger partial charge in [0.15, 0.2) is 0 Å². The number of methoxy groups -OCH3 is 2. The van der Waals surface area contributed by atoms with E-state index in [1.165, 1.54) is 14.2 Å². The number of aliphatic hydroxyl groups is 1. The second-order valence-electron chi connectivity index (χ2n) is 7.11.